The van der Waals surface area contributed by atoms with E-state index in [0.29, 0.717) is 21.0 Å². The zero-order valence-electron chi connectivity index (χ0n) is 15.1. The van der Waals surface area contributed by atoms with Crippen LogP contribution in [-0.2, 0) is 0 Å². The molecule has 1 aliphatic rings. The van der Waals surface area contributed by atoms with Gasteiger partial charge in [-0.05, 0) is 79.6 Å². The Labute approximate surface area is 175 Å². The van der Waals surface area contributed by atoms with Gasteiger partial charge in [0.05, 0.1) is 16.1 Å². The second-order valence-electron chi connectivity index (χ2n) is 6.58. The third-order valence-corrected chi connectivity index (χ3v) is 6.48. The van der Waals surface area contributed by atoms with Crippen molar-refractivity contribution in [3.63, 3.8) is 0 Å². The lowest BCUT2D eigenvalue weighted by atomic mass is 10.1. The Morgan fingerprint density at radius 1 is 1.37 bits per heavy atom. The number of anilines is 2. The minimum Gasteiger partial charge on any atom is -0.348 e. The van der Waals surface area contributed by atoms with E-state index in [1.54, 1.807) is 19.1 Å². The van der Waals surface area contributed by atoms with E-state index in [1.165, 1.54) is 24.3 Å². The summed E-state index contributed by atoms with van der Waals surface area (Å²) < 4.78 is 15.1. The van der Waals surface area contributed by atoms with Crippen LogP contribution in [0.3, 0.4) is 0 Å². The highest BCUT2D eigenvalue weighted by Crippen LogP contribution is 2.36. The minimum absolute atomic E-state index is 0.0502. The van der Waals surface area contributed by atoms with Crippen LogP contribution in [0.1, 0.15) is 45.4 Å². The third kappa shape index (κ3) is 4.67. The van der Waals surface area contributed by atoms with Gasteiger partial charge in [-0.15, -0.1) is 11.3 Å². The molecule has 1 fully saturated rings. The lowest BCUT2D eigenvalue weighted by Gasteiger charge is -2.24. The molecular formula is C19H21FIN3O2S. The van der Waals surface area contributed by atoms with Crippen molar-refractivity contribution in [2.45, 2.75) is 32.7 Å². The summed E-state index contributed by atoms with van der Waals surface area (Å²) >= 11 is 3.23. The van der Waals surface area contributed by atoms with Gasteiger partial charge in [-0.1, -0.05) is 0 Å². The van der Waals surface area contributed by atoms with E-state index in [4.69, 9.17) is 0 Å². The van der Waals surface area contributed by atoms with Crippen LogP contribution >= 0.6 is 33.9 Å². The largest absolute Gasteiger partial charge is 0.348 e. The Balaban J connectivity index is 1.93. The molecule has 1 aromatic heterocycles. The van der Waals surface area contributed by atoms with E-state index in [-0.39, 0.29) is 23.4 Å². The lowest BCUT2D eigenvalue weighted by molar-refractivity contribution is 0.0931. The molecule has 5 nitrogen and oxygen atoms in total. The molecule has 1 amide bonds. The summed E-state index contributed by atoms with van der Waals surface area (Å²) in [6.45, 7) is 4.91. The highest BCUT2D eigenvalue weighted by Gasteiger charge is 2.26. The summed E-state index contributed by atoms with van der Waals surface area (Å²) in [5, 5.41) is 9.80. The Hall–Kier alpha value is -1.52. The summed E-state index contributed by atoms with van der Waals surface area (Å²) in [5.74, 6) is -0.749. The Bertz CT molecular complexity index is 878. The van der Waals surface area contributed by atoms with Gasteiger partial charge < -0.3 is 16.0 Å². The van der Waals surface area contributed by atoms with E-state index in [1.807, 2.05) is 22.6 Å². The first-order valence-corrected chi connectivity index (χ1v) is 10.6. The smallest absolute Gasteiger partial charge is 0.254 e. The van der Waals surface area contributed by atoms with Crippen LogP contribution in [0, 0.1) is 16.3 Å². The highest BCUT2D eigenvalue weighted by atomic mass is 127. The number of halogens is 2. The first kappa shape index (κ1) is 20.2. The van der Waals surface area contributed by atoms with Crippen molar-refractivity contribution in [3.05, 3.63) is 43.6 Å². The van der Waals surface area contributed by atoms with Crippen molar-refractivity contribution < 1.29 is 14.0 Å². The van der Waals surface area contributed by atoms with Gasteiger partial charge in [0.2, 0.25) is 0 Å². The van der Waals surface area contributed by atoms with Crippen molar-refractivity contribution in [3.8, 4) is 0 Å². The quantitative estimate of drug-likeness (QED) is 0.424. The number of thiophene rings is 1. The molecule has 0 aliphatic carbocycles. The Kier molecular flexibility index (Phi) is 6.48. The molecule has 3 N–H and O–H groups in total. The van der Waals surface area contributed by atoms with Crippen LogP contribution in [-0.4, -0.2) is 30.8 Å². The van der Waals surface area contributed by atoms with Crippen LogP contribution in [0.4, 0.5) is 15.1 Å². The molecule has 1 aromatic carbocycles. The third-order valence-electron chi connectivity index (χ3n) is 4.51. The average Bonchev–Trinajstić information content (AvgIpc) is 2.95. The number of Topliss-reactive ketones (excluding diaryl/α,β-unsaturated/α-hetero) is 1. The number of hydrogen-bond donors (Lipinski definition) is 3. The molecule has 1 saturated heterocycles. The van der Waals surface area contributed by atoms with Crippen LogP contribution in [0.15, 0.2) is 18.2 Å². The monoisotopic (exact) mass is 501 g/mol. The minimum atomic E-state index is -0.403. The Morgan fingerprint density at radius 2 is 2.15 bits per heavy atom. The van der Waals surface area contributed by atoms with Crippen LogP contribution in [0.5, 0.6) is 0 Å². The summed E-state index contributed by atoms with van der Waals surface area (Å²) in [5.41, 5.74) is 1.32. The molecular weight excluding hydrogens is 480 g/mol. The highest BCUT2D eigenvalue weighted by molar-refractivity contribution is 14.1. The summed E-state index contributed by atoms with van der Waals surface area (Å²) in [6.07, 6.45) is 1.92. The summed E-state index contributed by atoms with van der Waals surface area (Å²) in [7, 11) is 0. The fraction of sp³-hybridized carbons (Fsp3) is 0.368. The number of ketones is 1. The maximum absolute atomic E-state index is 14.3. The summed E-state index contributed by atoms with van der Waals surface area (Å²) in [6, 6.07) is 4.88. The van der Waals surface area contributed by atoms with Crippen molar-refractivity contribution in [2.75, 3.05) is 18.4 Å². The fourth-order valence-corrected chi connectivity index (χ4v) is 4.72. The topological polar surface area (TPSA) is 70.2 Å². The number of nitrogens with one attached hydrogen (secondary N) is 3. The zero-order valence-corrected chi connectivity index (χ0v) is 18.1. The maximum atomic E-state index is 14.3. The zero-order chi connectivity index (χ0) is 19.6. The van der Waals surface area contributed by atoms with Crippen molar-refractivity contribution in [1.82, 2.24) is 10.6 Å². The number of hydrogen-bond acceptors (Lipinski definition) is 5. The van der Waals surface area contributed by atoms with E-state index in [9.17, 15) is 14.0 Å². The van der Waals surface area contributed by atoms with Crippen LogP contribution in [0.25, 0.3) is 0 Å². The van der Waals surface area contributed by atoms with E-state index < -0.39 is 5.82 Å². The lowest BCUT2D eigenvalue weighted by Crippen LogP contribution is -2.45. The second kappa shape index (κ2) is 8.66. The van der Waals surface area contributed by atoms with Crippen molar-refractivity contribution in [1.29, 1.82) is 0 Å². The average molecular weight is 501 g/mol. The van der Waals surface area contributed by atoms with Gasteiger partial charge in [-0.2, -0.15) is 0 Å². The van der Waals surface area contributed by atoms with Crippen LogP contribution < -0.4 is 16.0 Å². The molecule has 1 atom stereocenters. The van der Waals surface area contributed by atoms with E-state index >= 15 is 0 Å². The summed E-state index contributed by atoms with van der Waals surface area (Å²) in [4.78, 5) is 25.4. The number of carbonyl (C=O) groups is 2. The second-order valence-corrected chi connectivity index (χ2v) is 8.85. The number of piperidine rings is 1. The SMILES string of the molecule is CC(=O)c1sc(Nc2ccc(I)cc2F)c(C(=O)N[C@@H]2CCCNC2)c1C. The normalized spacial score (nSPS) is 16.8. The molecule has 0 unspecified atom stereocenters. The molecule has 144 valence electrons. The number of rotatable bonds is 5. The molecule has 27 heavy (non-hydrogen) atoms. The van der Waals surface area contributed by atoms with E-state index in [2.05, 4.69) is 16.0 Å². The molecule has 0 saturated carbocycles. The van der Waals surface area contributed by atoms with Gasteiger partial charge in [0.15, 0.2) is 5.78 Å². The molecule has 3 rings (SSSR count). The number of benzene rings is 1. The molecule has 2 aromatic rings. The van der Waals surface area contributed by atoms with Crippen molar-refractivity contribution >= 4 is 56.3 Å². The predicted octanol–water partition coefficient (Wildman–Crippen LogP) is 4.23. The molecule has 8 heteroatoms. The fourth-order valence-electron chi connectivity index (χ4n) is 3.16. The van der Waals surface area contributed by atoms with Gasteiger partial charge in [0.25, 0.3) is 5.91 Å². The van der Waals surface area contributed by atoms with Gasteiger partial charge in [0.1, 0.15) is 10.8 Å². The molecule has 0 bridgehead atoms. The van der Waals surface area contributed by atoms with Gasteiger partial charge in [-0.3, -0.25) is 9.59 Å². The molecule has 1 aliphatic heterocycles. The number of amides is 1. The molecule has 2 heterocycles. The van der Waals surface area contributed by atoms with Crippen LogP contribution in [0.2, 0.25) is 0 Å². The van der Waals surface area contributed by atoms with E-state index in [0.717, 1.165) is 29.5 Å². The standard InChI is InChI=1S/C19H21FIN3O2S/c1-10-16(18(26)23-13-4-3-7-22-9-13)19(27-17(10)11(2)25)24-15-6-5-12(21)8-14(15)20/h5-6,8,13,22,24H,3-4,7,9H2,1-2H3,(H,23,26)/t13-/m1/s1. The van der Waals surface area contributed by atoms with Gasteiger partial charge in [-0.25, -0.2) is 4.39 Å². The van der Waals surface area contributed by atoms with Crippen molar-refractivity contribution in [2.24, 2.45) is 0 Å². The van der Waals surface area contributed by atoms with Gasteiger partial charge in [0, 0.05) is 16.2 Å². The molecule has 0 spiro atoms. The molecule has 0 radical (unpaired) electrons. The first-order chi connectivity index (χ1) is 12.9. The Morgan fingerprint density at radius 3 is 2.78 bits per heavy atom. The first-order valence-electron chi connectivity index (χ1n) is 8.74. The predicted molar refractivity (Wildman–Crippen MR) is 115 cm³/mol. The number of carbonyl (C=O) groups excluding carboxylic acids is 2. The maximum Gasteiger partial charge on any atom is 0.254 e. The van der Waals surface area contributed by atoms with Gasteiger partial charge >= 0.3 is 0 Å².